The van der Waals surface area contributed by atoms with E-state index in [4.69, 9.17) is 4.74 Å². The summed E-state index contributed by atoms with van der Waals surface area (Å²) >= 11 is 0. The lowest BCUT2D eigenvalue weighted by molar-refractivity contribution is -0.129. The predicted octanol–water partition coefficient (Wildman–Crippen LogP) is 1.61. The maximum atomic E-state index is 12.0. The van der Waals surface area contributed by atoms with Gasteiger partial charge >= 0.3 is 0 Å². The first-order valence-electron chi connectivity index (χ1n) is 6.66. The van der Waals surface area contributed by atoms with Crippen LogP contribution in [0.1, 0.15) is 40.5 Å². The van der Waals surface area contributed by atoms with Crippen molar-refractivity contribution in [3.8, 4) is 0 Å². The van der Waals surface area contributed by atoms with Crippen LogP contribution in [-0.4, -0.2) is 42.8 Å². The van der Waals surface area contributed by atoms with Crippen LogP contribution < -0.4 is 5.32 Å². The molecule has 1 aliphatic heterocycles. The van der Waals surface area contributed by atoms with Gasteiger partial charge in [-0.1, -0.05) is 13.8 Å². The summed E-state index contributed by atoms with van der Waals surface area (Å²) in [6, 6.07) is 0.0157. The fourth-order valence-corrected chi connectivity index (χ4v) is 2.00. The molecule has 0 saturated carbocycles. The number of amides is 1. The zero-order chi connectivity index (χ0) is 12.8. The van der Waals surface area contributed by atoms with Gasteiger partial charge in [0.05, 0.1) is 18.8 Å². The molecule has 1 atom stereocenters. The largest absolute Gasteiger partial charge is 0.379 e. The number of hydrogen-bond acceptors (Lipinski definition) is 3. The minimum atomic E-state index is 0.0157. The highest BCUT2D eigenvalue weighted by Gasteiger charge is 2.32. The topological polar surface area (TPSA) is 41.6 Å². The van der Waals surface area contributed by atoms with E-state index in [1.54, 1.807) is 0 Å². The predicted molar refractivity (Wildman–Crippen MR) is 68.7 cm³/mol. The van der Waals surface area contributed by atoms with Crippen LogP contribution in [0, 0.1) is 5.92 Å². The summed E-state index contributed by atoms with van der Waals surface area (Å²) in [7, 11) is 0. The summed E-state index contributed by atoms with van der Waals surface area (Å²) in [4.78, 5) is 13.9. The van der Waals surface area contributed by atoms with E-state index >= 15 is 0 Å². The molecule has 1 aliphatic rings. The number of nitrogens with one attached hydrogen (secondary N) is 1. The van der Waals surface area contributed by atoms with Gasteiger partial charge in [0.25, 0.3) is 0 Å². The first kappa shape index (κ1) is 14.5. The van der Waals surface area contributed by atoms with E-state index in [1.807, 2.05) is 18.7 Å². The van der Waals surface area contributed by atoms with Crippen molar-refractivity contribution >= 4 is 5.91 Å². The van der Waals surface area contributed by atoms with Crippen molar-refractivity contribution in [1.29, 1.82) is 0 Å². The minimum Gasteiger partial charge on any atom is -0.379 e. The van der Waals surface area contributed by atoms with Gasteiger partial charge in [0.2, 0.25) is 5.91 Å². The van der Waals surface area contributed by atoms with E-state index in [0.29, 0.717) is 18.7 Å². The SMILES string of the molecule is CC(C)OCCCCN1CNC(C(C)C)C1=O. The Morgan fingerprint density at radius 2 is 2.06 bits per heavy atom. The van der Waals surface area contributed by atoms with Crippen molar-refractivity contribution in [2.45, 2.75) is 52.7 Å². The number of carbonyl (C=O) groups is 1. The lowest BCUT2D eigenvalue weighted by atomic mass is 10.1. The fraction of sp³-hybridized carbons (Fsp3) is 0.923. The molecule has 0 aromatic heterocycles. The first-order valence-corrected chi connectivity index (χ1v) is 6.66. The van der Waals surface area contributed by atoms with Gasteiger partial charge in [-0.3, -0.25) is 10.1 Å². The smallest absolute Gasteiger partial charge is 0.241 e. The maximum absolute atomic E-state index is 12.0. The molecule has 1 heterocycles. The van der Waals surface area contributed by atoms with Crippen molar-refractivity contribution in [3.05, 3.63) is 0 Å². The van der Waals surface area contributed by atoms with Crippen LogP contribution >= 0.6 is 0 Å². The van der Waals surface area contributed by atoms with Crippen LogP contribution in [0.4, 0.5) is 0 Å². The third-order valence-corrected chi connectivity index (χ3v) is 3.02. The standard InChI is InChI=1S/C13H26N2O2/c1-10(2)12-13(16)15(9-14-12)7-5-6-8-17-11(3)4/h10-12,14H,5-9H2,1-4H3. The summed E-state index contributed by atoms with van der Waals surface area (Å²) in [5.74, 6) is 0.626. The highest BCUT2D eigenvalue weighted by molar-refractivity contribution is 5.83. The second-order valence-corrected chi connectivity index (χ2v) is 5.31. The molecule has 0 bridgehead atoms. The van der Waals surface area contributed by atoms with E-state index in [1.165, 1.54) is 0 Å². The van der Waals surface area contributed by atoms with Crippen molar-refractivity contribution in [1.82, 2.24) is 10.2 Å². The zero-order valence-corrected chi connectivity index (χ0v) is 11.5. The van der Waals surface area contributed by atoms with Gasteiger partial charge in [0.1, 0.15) is 0 Å². The number of nitrogens with zero attached hydrogens (tertiary/aromatic N) is 1. The first-order chi connectivity index (χ1) is 8.02. The van der Waals surface area contributed by atoms with Crippen molar-refractivity contribution in [3.63, 3.8) is 0 Å². The lowest BCUT2D eigenvalue weighted by Crippen LogP contribution is -2.35. The molecule has 0 aliphatic carbocycles. The zero-order valence-electron chi connectivity index (χ0n) is 11.5. The Balaban J connectivity index is 2.14. The summed E-state index contributed by atoms with van der Waals surface area (Å²) in [6.45, 7) is 10.6. The van der Waals surface area contributed by atoms with E-state index in [9.17, 15) is 4.79 Å². The van der Waals surface area contributed by atoms with Gasteiger partial charge in [0, 0.05) is 13.2 Å². The molecule has 0 aromatic carbocycles. The summed E-state index contributed by atoms with van der Waals surface area (Å²) < 4.78 is 5.47. The van der Waals surface area contributed by atoms with E-state index in [-0.39, 0.29) is 11.9 Å². The monoisotopic (exact) mass is 242 g/mol. The van der Waals surface area contributed by atoms with Crippen molar-refractivity contribution in [2.24, 2.45) is 5.92 Å². The number of ether oxygens (including phenoxy) is 1. The van der Waals surface area contributed by atoms with Crippen LogP contribution in [-0.2, 0) is 9.53 Å². The Bertz CT molecular complexity index is 242. The number of carbonyl (C=O) groups excluding carboxylic acids is 1. The molecule has 0 aromatic rings. The third-order valence-electron chi connectivity index (χ3n) is 3.02. The number of hydrogen-bond donors (Lipinski definition) is 1. The Labute approximate surface area is 105 Å². The van der Waals surface area contributed by atoms with E-state index < -0.39 is 0 Å². The molecule has 0 radical (unpaired) electrons. The lowest BCUT2D eigenvalue weighted by Gasteiger charge is -2.16. The molecular formula is C13H26N2O2. The third kappa shape index (κ3) is 4.64. The second kappa shape index (κ2) is 6.97. The van der Waals surface area contributed by atoms with Crippen molar-refractivity contribution < 1.29 is 9.53 Å². The molecule has 4 nitrogen and oxygen atoms in total. The Morgan fingerprint density at radius 3 is 2.59 bits per heavy atom. The average Bonchev–Trinajstić information content (AvgIpc) is 2.59. The highest BCUT2D eigenvalue weighted by Crippen LogP contribution is 2.12. The van der Waals surface area contributed by atoms with Crippen LogP contribution in [0.15, 0.2) is 0 Å². The van der Waals surface area contributed by atoms with Crippen molar-refractivity contribution in [2.75, 3.05) is 19.8 Å². The molecule has 1 N–H and O–H groups in total. The summed E-state index contributed by atoms with van der Waals surface area (Å²) in [5.41, 5.74) is 0. The average molecular weight is 242 g/mol. The quantitative estimate of drug-likeness (QED) is 0.690. The van der Waals surface area contributed by atoms with Gasteiger partial charge in [-0.2, -0.15) is 0 Å². The number of unbranched alkanes of at least 4 members (excludes halogenated alkanes) is 1. The molecule has 1 unspecified atom stereocenters. The molecule has 1 amide bonds. The molecule has 100 valence electrons. The van der Waals surface area contributed by atoms with Gasteiger partial charge in [-0.25, -0.2) is 0 Å². The Morgan fingerprint density at radius 1 is 1.35 bits per heavy atom. The van der Waals surface area contributed by atoms with E-state index in [0.717, 1.165) is 26.0 Å². The Kier molecular flexibility index (Phi) is 5.92. The van der Waals surface area contributed by atoms with E-state index in [2.05, 4.69) is 19.2 Å². The van der Waals surface area contributed by atoms with Crippen LogP contribution in [0.5, 0.6) is 0 Å². The molecule has 4 heteroatoms. The molecule has 17 heavy (non-hydrogen) atoms. The minimum absolute atomic E-state index is 0.0157. The van der Waals surface area contributed by atoms with Crippen LogP contribution in [0.25, 0.3) is 0 Å². The Hall–Kier alpha value is -0.610. The van der Waals surface area contributed by atoms with Gasteiger partial charge in [-0.15, -0.1) is 0 Å². The fourth-order valence-electron chi connectivity index (χ4n) is 2.00. The number of rotatable bonds is 7. The molecule has 1 rings (SSSR count). The normalized spacial score (nSPS) is 20.9. The molecule has 0 spiro atoms. The molecular weight excluding hydrogens is 216 g/mol. The highest BCUT2D eigenvalue weighted by atomic mass is 16.5. The molecule has 1 saturated heterocycles. The van der Waals surface area contributed by atoms with Crippen LogP contribution in [0.3, 0.4) is 0 Å². The van der Waals surface area contributed by atoms with Crippen LogP contribution in [0.2, 0.25) is 0 Å². The maximum Gasteiger partial charge on any atom is 0.241 e. The van der Waals surface area contributed by atoms with Gasteiger partial charge in [0.15, 0.2) is 0 Å². The second-order valence-electron chi connectivity index (χ2n) is 5.31. The summed E-state index contributed by atoms with van der Waals surface area (Å²) in [5, 5.41) is 3.26. The summed E-state index contributed by atoms with van der Waals surface area (Å²) in [6.07, 6.45) is 2.34. The van der Waals surface area contributed by atoms with Gasteiger partial charge < -0.3 is 9.64 Å². The molecule has 1 fully saturated rings. The van der Waals surface area contributed by atoms with Gasteiger partial charge in [-0.05, 0) is 32.6 Å².